The zero-order valence-corrected chi connectivity index (χ0v) is 8.63. The Morgan fingerprint density at radius 1 is 0.733 bits per heavy atom. The zero-order chi connectivity index (χ0) is 11.3. The minimum absolute atomic E-state index is 0.160. The average molecular weight is 216 g/mol. The van der Waals surface area contributed by atoms with Crippen molar-refractivity contribution in [3.05, 3.63) is 20.2 Å². The lowest BCUT2D eigenvalue weighted by atomic mass is 9.94. The van der Waals surface area contributed by atoms with Crippen LogP contribution in [-0.4, -0.2) is 21.9 Å². The predicted octanol–water partition coefficient (Wildman–Crippen LogP) is 2.02. The highest BCUT2D eigenvalue weighted by molar-refractivity contribution is 4.67. The molecule has 0 aromatic rings. The van der Waals surface area contributed by atoms with E-state index >= 15 is 0 Å². The van der Waals surface area contributed by atoms with Crippen LogP contribution in [0.4, 0.5) is 0 Å². The highest BCUT2D eigenvalue weighted by atomic mass is 16.6. The van der Waals surface area contributed by atoms with E-state index in [1.165, 1.54) is 0 Å². The van der Waals surface area contributed by atoms with Crippen molar-refractivity contribution >= 4 is 0 Å². The molecule has 0 N–H and O–H groups in total. The van der Waals surface area contributed by atoms with Crippen LogP contribution in [0.25, 0.3) is 0 Å². The number of hydrogen-bond donors (Lipinski definition) is 0. The van der Waals surface area contributed by atoms with Crippen LogP contribution in [-0.2, 0) is 0 Å². The van der Waals surface area contributed by atoms with Gasteiger partial charge in [-0.2, -0.15) is 0 Å². The van der Waals surface area contributed by atoms with Crippen LogP contribution in [0.1, 0.15) is 44.9 Å². The van der Waals surface area contributed by atoms with E-state index < -0.39 is 0 Å². The van der Waals surface area contributed by atoms with Crippen LogP contribution < -0.4 is 0 Å². The molecule has 0 aromatic carbocycles. The van der Waals surface area contributed by atoms with Gasteiger partial charge in [-0.25, -0.2) is 0 Å². The third-order valence-corrected chi connectivity index (χ3v) is 3.00. The standard InChI is InChI=1S/C5H9NO2.C4H7NO2/c7-6(8)5-3-1-2-4-5;6-5(7)4-2-1-3-4/h5H,1-4H2;4H,1-3H2. The highest BCUT2D eigenvalue weighted by Crippen LogP contribution is 2.20. The van der Waals surface area contributed by atoms with Crippen molar-refractivity contribution in [2.75, 3.05) is 0 Å². The Hall–Kier alpha value is -1.20. The van der Waals surface area contributed by atoms with Crippen molar-refractivity contribution in [3.8, 4) is 0 Å². The van der Waals surface area contributed by atoms with Gasteiger partial charge in [-0.1, -0.05) is 0 Å². The largest absolute Gasteiger partial charge is 0.264 e. The van der Waals surface area contributed by atoms with Crippen LogP contribution in [0.2, 0.25) is 0 Å². The van der Waals surface area contributed by atoms with E-state index in [4.69, 9.17) is 0 Å². The van der Waals surface area contributed by atoms with Gasteiger partial charge >= 0.3 is 0 Å². The summed E-state index contributed by atoms with van der Waals surface area (Å²) in [6.45, 7) is 0. The number of nitrogens with zero attached hydrogens (tertiary/aromatic N) is 2. The topological polar surface area (TPSA) is 86.3 Å². The Morgan fingerprint density at radius 2 is 1.07 bits per heavy atom. The molecule has 15 heavy (non-hydrogen) atoms. The minimum atomic E-state index is -0.213. The minimum Gasteiger partial charge on any atom is -0.264 e. The quantitative estimate of drug-likeness (QED) is 0.522. The Kier molecular flexibility index (Phi) is 4.45. The van der Waals surface area contributed by atoms with E-state index in [-0.39, 0.29) is 21.9 Å². The summed E-state index contributed by atoms with van der Waals surface area (Å²) in [7, 11) is 0. The molecular formula is C9H16N2O4. The third-order valence-electron chi connectivity index (χ3n) is 3.00. The molecule has 0 saturated heterocycles. The molecule has 2 fully saturated rings. The van der Waals surface area contributed by atoms with Gasteiger partial charge in [0.25, 0.3) is 0 Å². The van der Waals surface area contributed by atoms with E-state index in [9.17, 15) is 20.2 Å². The van der Waals surface area contributed by atoms with Crippen LogP contribution in [0.5, 0.6) is 0 Å². The Morgan fingerprint density at radius 3 is 1.20 bits per heavy atom. The van der Waals surface area contributed by atoms with E-state index in [2.05, 4.69) is 0 Å². The molecule has 2 rings (SSSR count). The fourth-order valence-electron chi connectivity index (χ4n) is 1.71. The van der Waals surface area contributed by atoms with Crippen molar-refractivity contribution in [3.63, 3.8) is 0 Å². The molecule has 2 aliphatic rings. The van der Waals surface area contributed by atoms with E-state index in [1.54, 1.807) is 0 Å². The number of rotatable bonds is 2. The lowest BCUT2D eigenvalue weighted by Gasteiger charge is -2.15. The fraction of sp³-hybridized carbons (Fsp3) is 1.00. The molecule has 0 atom stereocenters. The maximum atomic E-state index is 10.0. The molecule has 0 aromatic heterocycles. The smallest absolute Gasteiger partial charge is 0.213 e. The first kappa shape index (κ1) is 11.9. The Labute approximate surface area is 88.0 Å². The van der Waals surface area contributed by atoms with Gasteiger partial charge in [-0.15, -0.1) is 0 Å². The molecule has 2 saturated carbocycles. The van der Waals surface area contributed by atoms with Crippen LogP contribution in [0.3, 0.4) is 0 Å². The summed E-state index contributed by atoms with van der Waals surface area (Å²) in [4.78, 5) is 19.4. The molecule has 2 aliphatic carbocycles. The lowest BCUT2D eigenvalue weighted by molar-refractivity contribution is -0.535. The van der Waals surface area contributed by atoms with Crippen LogP contribution in [0.15, 0.2) is 0 Å². The summed E-state index contributed by atoms with van der Waals surface area (Å²) in [5.41, 5.74) is 0. The van der Waals surface area contributed by atoms with Crippen LogP contribution >= 0.6 is 0 Å². The molecule has 86 valence electrons. The van der Waals surface area contributed by atoms with E-state index in [0.717, 1.165) is 44.9 Å². The maximum absolute atomic E-state index is 10.0. The summed E-state index contributed by atoms with van der Waals surface area (Å²) in [6.07, 6.45) is 6.34. The molecule has 0 bridgehead atoms. The van der Waals surface area contributed by atoms with Gasteiger partial charge in [-0.05, 0) is 19.3 Å². The van der Waals surface area contributed by atoms with E-state index in [1.807, 2.05) is 0 Å². The number of nitro groups is 2. The average Bonchev–Trinajstić information content (AvgIpc) is 2.51. The summed E-state index contributed by atoms with van der Waals surface area (Å²) >= 11 is 0. The first-order chi connectivity index (χ1) is 7.11. The molecule has 6 nitrogen and oxygen atoms in total. The molecule has 0 spiro atoms. The van der Waals surface area contributed by atoms with Gasteiger partial charge in [0.05, 0.1) is 0 Å². The summed E-state index contributed by atoms with van der Waals surface area (Å²) in [5.74, 6) is 0. The van der Waals surface area contributed by atoms with Crippen molar-refractivity contribution in [1.82, 2.24) is 0 Å². The second-order valence-corrected chi connectivity index (χ2v) is 4.09. The van der Waals surface area contributed by atoms with E-state index in [0.29, 0.717) is 0 Å². The molecule has 0 unspecified atom stereocenters. The van der Waals surface area contributed by atoms with Crippen LogP contribution in [0, 0.1) is 20.2 Å². The highest BCUT2D eigenvalue weighted by Gasteiger charge is 2.27. The normalized spacial score (nSPS) is 21.3. The first-order valence-electron chi connectivity index (χ1n) is 5.38. The van der Waals surface area contributed by atoms with Gasteiger partial charge in [0.15, 0.2) is 0 Å². The number of hydrogen-bond acceptors (Lipinski definition) is 4. The molecule has 6 heteroatoms. The van der Waals surface area contributed by atoms with Crippen molar-refractivity contribution in [2.45, 2.75) is 57.0 Å². The van der Waals surface area contributed by atoms with Gasteiger partial charge in [-0.3, -0.25) is 20.2 Å². The monoisotopic (exact) mass is 216 g/mol. The Balaban J connectivity index is 0.000000151. The van der Waals surface area contributed by atoms with Gasteiger partial charge < -0.3 is 0 Å². The molecule has 0 radical (unpaired) electrons. The van der Waals surface area contributed by atoms with Crippen molar-refractivity contribution in [1.29, 1.82) is 0 Å². The third kappa shape index (κ3) is 3.81. The lowest BCUT2D eigenvalue weighted by Crippen LogP contribution is -2.26. The molecule has 0 aliphatic heterocycles. The first-order valence-corrected chi connectivity index (χ1v) is 5.38. The predicted molar refractivity (Wildman–Crippen MR) is 53.9 cm³/mol. The summed E-state index contributed by atoms with van der Waals surface area (Å²) < 4.78 is 0. The van der Waals surface area contributed by atoms with Gasteiger partial charge in [0.1, 0.15) is 0 Å². The fourth-order valence-corrected chi connectivity index (χ4v) is 1.71. The molecular weight excluding hydrogens is 200 g/mol. The molecule has 0 heterocycles. The summed E-state index contributed by atoms with van der Waals surface area (Å²) in [5, 5.41) is 19.8. The van der Waals surface area contributed by atoms with Gasteiger partial charge in [0.2, 0.25) is 12.1 Å². The van der Waals surface area contributed by atoms with Crippen molar-refractivity contribution in [2.24, 2.45) is 0 Å². The zero-order valence-electron chi connectivity index (χ0n) is 8.63. The Bertz CT molecular complexity index is 234. The van der Waals surface area contributed by atoms with Gasteiger partial charge in [0, 0.05) is 35.5 Å². The second-order valence-electron chi connectivity index (χ2n) is 4.09. The molecule has 0 amide bonds. The van der Waals surface area contributed by atoms with Crippen molar-refractivity contribution < 1.29 is 9.85 Å². The maximum Gasteiger partial charge on any atom is 0.213 e. The summed E-state index contributed by atoms with van der Waals surface area (Å²) in [6, 6.07) is -0.407. The second kappa shape index (κ2) is 5.63. The SMILES string of the molecule is O=[N+]([O-])C1CCC1.O=[N+]([O-])C1CCCC1.